The first-order valence-electron chi connectivity index (χ1n) is 8.81. The largest absolute Gasteiger partial charge is 0.382 e. The van der Waals surface area contributed by atoms with Gasteiger partial charge in [-0.25, -0.2) is 0 Å². The van der Waals surface area contributed by atoms with Crippen molar-refractivity contribution in [2.45, 2.75) is 58.0 Å². The molecule has 2 N–H and O–H groups in total. The maximum Gasteiger partial charge on any atom is 0.0378 e. The number of nitrogens with one attached hydrogen (secondary N) is 2. The van der Waals surface area contributed by atoms with Gasteiger partial charge < -0.3 is 10.6 Å². The van der Waals surface area contributed by atoms with Crippen molar-refractivity contribution >= 4 is 11.4 Å². The predicted octanol–water partition coefficient (Wildman–Crippen LogP) is 5.11. The predicted molar refractivity (Wildman–Crippen MR) is 98.7 cm³/mol. The van der Waals surface area contributed by atoms with E-state index in [-0.39, 0.29) is 0 Å². The molecule has 2 aromatic rings. The van der Waals surface area contributed by atoms with Gasteiger partial charge in [0.15, 0.2) is 0 Å². The van der Waals surface area contributed by atoms with E-state index >= 15 is 0 Å². The van der Waals surface area contributed by atoms with E-state index in [1.807, 2.05) is 0 Å². The third kappa shape index (κ3) is 2.41. The summed E-state index contributed by atoms with van der Waals surface area (Å²) in [7, 11) is 0. The van der Waals surface area contributed by atoms with E-state index in [0.29, 0.717) is 23.9 Å². The van der Waals surface area contributed by atoms with Crippen LogP contribution in [0, 0.1) is 0 Å². The maximum atomic E-state index is 3.57. The van der Waals surface area contributed by atoms with Crippen molar-refractivity contribution in [3.8, 4) is 0 Å². The highest BCUT2D eigenvalue weighted by atomic mass is 15.0. The summed E-state index contributed by atoms with van der Waals surface area (Å²) in [4.78, 5) is 0. The van der Waals surface area contributed by atoms with Crippen LogP contribution < -0.4 is 10.6 Å². The topological polar surface area (TPSA) is 24.1 Å². The average molecular weight is 306 g/mol. The molecule has 0 fully saturated rings. The monoisotopic (exact) mass is 306 g/mol. The molecule has 23 heavy (non-hydrogen) atoms. The van der Waals surface area contributed by atoms with Gasteiger partial charge >= 0.3 is 0 Å². The van der Waals surface area contributed by atoms with Crippen molar-refractivity contribution in [3.63, 3.8) is 0 Å². The summed E-state index contributed by atoms with van der Waals surface area (Å²) in [6.45, 7) is 9.16. The van der Waals surface area contributed by atoms with Crippen LogP contribution >= 0.6 is 0 Å². The van der Waals surface area contributed by atoms with Crippen LogP contribution in [0.4, 0.5) is 11.4 Å². The second-order valence-electron chi connectivity index (χ2n) is 7.46. The van der Waals surface area contributed by atoms with Crippen LogP contribution in [0.1, 0.15) is 61.8 Å². The second kappa shape index (κ2) is 5.30. The summed E-state index contributed by atoms with van der Waals surface area (Å²) in [6.07, 6.45) is 1.02. The van der Waals surface area contributed by atoms with Crippen LogP contribution in [0.3, 0.4) is 0 Å². The van der Waals surface area contributed by atoms with Gasteiger partial charge in [-0.3, -0.25) is 0 Å². The summed E-state index contributed by atoms with van der Waals surface area (Å²) < 4.78 is 0. The Balaban J connectivity index is 1.61. The SMILES string of the molecule is C[C@@H]1Nc2ccc(Cc3ccc4c(c3)[C@@H](C)[C@@H](C)N4)cc2[C@@H]1C. The molecular formula is C21H26N2. The standard InChI is InChI=1S/C21H26N2/c1-12-14(3)22-20-7-5-16(10-18(12)20)9-17-6-8-21-19(11-17)13(2)15(4)23-21/h5-8,10-15,22-23H,9H2,1-4H3/t12-,13+,14+,15-. The highest BCUT2D eigenvalue weighted by Gasteiger charge is 2.26. The van der Waals surface area contributed by atoms with Crippen molar-refractivity contribution in [2.24, 2.45) is 0 Å². The van der Waals surface area contributed by atoms with E-state index in [0.717, 1.165) is 6.42 Å². The number of fused-ring (bicyclic) bond motifs is 2. The zero-order chi connectivity index (χ0) is 16.1. The number of rotatable bonds is 2. The molecule has 2 aromatic carbocycles. The Labute approximate surface area is 139 Å². The van der Waals surface area contributed by atoms with Crippen molar-refractivity contribution in [1.82, 2.24) is 0 Å². The Bertz CT molecular complexity index is 686. The minimum absolute atomic E-state index is 0.536. The molecule has 0 aromatic heterocycles. The van der Waals surface area contributed by atoms with Crippen LogP contribution in [0.5, 0.6) is 0 Å². The van der Waals surface area contributed by atoms with E-state index in [9.17, 15) is 0 Å². The molecule has 0 spiro atoms. The Morgan fingerprint density at radius 3 is 1.57 bits per heavy atom. The fourth-order valence-electron chi connectivity index (χ4n) is 3.98. The highest BCUT2D eigenvalue weighted by Crippen LogP contribution is 2.38. The minimum Gasteiger partial charge on any atom is -0.382 e. The molecule has 0 bridgehead atoms. The van der Waals surface area contributed by atoms with E-state index < -0.39 is 0 Å². The summed E-state index contributed by atoms with van der Waals surface area (Å²) >= 11 is 0. The van der Waals surface area contributed by atoms with Gasteiger partial charge in [0.05, 0.1) is 0 Å². The fourth-order valence-corrected chi connectivity index (χ4v) is 3.98. The normalized spacial score (nSPS) is 28.0. The Kier molecular flexibility index (Phi) is 3.37. The molecular weight excluding hydrogens is 280 g/mol. The van der Waals surface area contributed by atoms with Gasteiger partial charge in [-0.1, -0.05) is 38.1 Å². The van der Waals surface area contributed by atoms with Gasteiger partial charge in [-0.05, 0) is 54.7 Å². The number of benzene rings is 2. The van der Waals surface area contributed by atoms with Gasteiger partial charge in [0.1, 0.15) is 0 Å². The molecule has 2 heterocycles. The summed E-state index contributed by atoms with van der Waals surface area (Å²) in [5.41, 5.74) is 8.40. The number of hydrogen-bond acceptors (Lipinski definition) is 2. The summed E-state index contributed by atoms with van der Waals surface area (Å²) in [6, 6.07) is 14.9. The molecule has 0 radical (unpaired) electrons. The lowest BCUT2D eigenvalue weighted by atomic mass is 9.93. The van der Waals surface area contributed by atoms with Gasteiger partial charge in [-0.15, -0.1) is 0 Å². The van der Waals surface area contributed by atoms with Crippen molar-refractivity contribution in [3.05, 3.63) is 58.7 Å². The van der Waals surface area contributed by atoms with Gasteiger partial charge in [-0.2, -0.15) is 0 Å². The molecule has 2 nitrogen and oxygen atoms in total. The molecule has 4 rings (SSSR count). The first-order valence-corrected chi connectivity index (χ1v) is 8.81. The van der Waals surface area contributed by atoms with Crippen molar-refractivity contribution in [1.29, 1.82) is 0 Å². The first kappa shape index (κ1) is 14.6. The molecule has 0 unspecified atom stereocenters. The fraction of sp³-hybridized carbons (Fsp3) is 0.429. The van der Waals surface area contributed by atoms with Crippen LogP contribution in [-0.2, 0) is 6.42 Å². The number of hydrogen-bond donors (Lipinski definition) is 2. The molecule has 4 atom stereocenters. The Hall–Kier alpha value is -1.96. The average Bonchev–Trinajstić information content (AvgIpc) is 2.98. The Morgan fingerprint density at radius 1 is 0.696 bits per heavy atom. The zero-order valence-corrected chi connectivity index (χ0v) is 14.5. The molecule has 0 saturated carbocycles. The minimum atomic E-state index is 0.536. The van der Waals surface area contributed by atoms with Crippen LogP contribution in [0.15, 0.2) is 36.4 Å². The highest BCUT2D eigenvalue weighted by molar-refractivity contribution is 5.62. The van der Waals surface area contributed by atoms with E-state index in [2.05, 4.69) is 74.7 Å². The van der Waals surface area contributed by atoms with Gasteiger partial charge in [0, 0.05) is 35.3 Å². The van der Waals surface area contributed by atoms with Gasteiger partial charge in [0.2, 0.25) is 0 Å². The van der Waals surface area contributed by atoms with Crippen molar-refractivity contribution in [2.75, 3.05) is 10.6 Å². The second-order valence-corrected chi connectivity index (χ2v) is 7.46. The van der Waals surface area contributed by atoms with Gasteiger partial charge in [0.25, 0.3) is 0 Å². The van der Waals surface area contributed by atoms with Crippen LogP contribution in [0.2, 0.25) is 0 Å². The molecule has 120 valence electrons. The Morgan fingerprint density at radius 2 is 1.13 bits per heavy atom. The van der Waals surface area contributed by atoms with Crippen LogP contribution in [0.25, 0.3) is 0 Å². The maximum absolute atomic E-state index is 3.57. The van der Waals surface area contributed by atoms with Crippen molar-refractivity contribution < 1.29 is 0 Å². The molecule has 2 aliphatic heterocycles. The summed E-state index contributed by atoms with van der Waals surface area (Å²) in [5, 5.41) is 7.15. The quantitative estimate of drug-likeness (QED) is 0.805. The van der Waals surface area contributed by atoms with E-state index in [1.54, 1.807) is 0 Å². The lowest BCUT2D eigenvalue weighted by Crippen LogP contribution is -2.12. The third-order valence-corrected chi connectivity index (χ3v) is 5.89. The smallest absolute Gasteiger partial charge is 0.0378 e. The number of anilines is 2. The first-order chi connectivity index (χ1) is 11.0. The summed E-state index contributed by atoms with van der Waals surface area (Å²) in [5.74, 6) is 1.19. The third-order valence-electron chi connectivity index (χ3n) is 5.89. The molecule has 0 amide bonds. The molecule has 0 saturated heterocycles. The lowest BCUT2D eigenvalue weighted by molar-refractivity contribution is 0.689. The van der Waals surface area contributed by atoms with E-state index in [1.165, 1.54) is 33.6 Å². The lowest BCUT2D eigenvalue weighted by Gasteiger charge is -2.11. The molecule has 0 aliphatic carbocycles. The molecule has 2 aliphatic rings. The van der Waals surface area contributed by atoms with E-state index in [4.69, 9.17) is 0 Å². The van der Waals surface area contributed by atoms with Crippen LogP contribution in [-0.4, -0.2) is 12.1 Å². The zero-order valence-electron chi connectivity index (χ0n) is 14.5. The molecule has 2 heteroatoms.